The number of benzene rings is 1. The highest BCUT2D eigenvalue weighted by Gasteiger charge is 2.06. The molecule has 0 bridgehead atoms. The predicted octanol–water partition coefficient (Wildman–Crippen LogP) is 3.73. The quantitative estimate of drug-likeness (QED) is 0.654. The standard InChI is InChI=1S/C13H16O/c1-5-10(2)12-8-6-7-9-13(12)11(3)14-4/h6-9H,2-3,5H2,1,4H3. The van der Waals surface area contributed by atoms with Gasteiger partial charge in [-0.15, -0.1) is 0 Å². The van der Waals surface area contributed by atoms with Crippen LogP contribution < -0.4 is 0 Å². The summed E-state index contributed by atoms with van der Waals surface area (Å²) in [6.45, 7) is 9.97. The highest BCUT2D eigenvalue weighted by Crippen LogP contribution is 2.25. The van der Waals surface area contributed by atoms with Gasteiger partial charge in [0.1, 0.15) is 5.76 Å². The largest absolute Gasteiger partial charge is 0.497 e. The van der Waals surface area contributed by atoms with Gasteiger partial charge < -0.3 is 4.74 Å². The smallest absolute Gasteiger partial charge is 0.119 e. The Balaban J connectivity index is 3.15. The number of ether oxygens (including phenoxy) is 1. The second-order valence-electron chi connectivity index (χ2n) is 3.13. The van der Waals surface area contributed by atoms with Crippen LogP contribution in [0.1, 0.15) is 24.5 Å². The Morgan fingerprint density at radius 1 is 1.21 bits per heavy atom. The SMILES string of the molecule is C=C(CC)c1ccccc1C(=C)OC. The van der Waals surface area contributed by atoms with E-state index in [1.54, 1.807) is 7.11 Å². The lowest BCUT2D eigenvalue weighted by Gasteiger charge is -2.11. The van der Waals surface area contributed by atoms with E-state index >= 15 is 0 Å². The van der Waals surface area contributed by atoms with Crippen LogP contribution in [0.15, 0.2) is 37.4 Å². The number of hydrogen-bond donors (Lipinski definition) is 0. The maximum atomic E-state index is 5.14. The highest BCUT2D eigenvalue weighted by atomic mass is 16.5. The Morgan fingerprint density at radius 3 is 2.29 bits per heavy atom. The van der Waals surface area contributed by atoms with Crippen molar-refractivity contribution in [3.05, 3.63) is 48.6 Å². The van der Waals surface area contributed by atoms with Gasteiger partial charge in [-0.1, -0.05) is 44.3 Å². The minimum atomic E-state index is 0.690. The highest BCUT2D eigenvalue weighted by molar-refractivity contribution is 5.75. The first-order valence-electron chi connectivity index (χ1n) is 4.71. The molecule has 0 spiro atoms. The van der Waals surface area contributed by atoms with E-state index in [9.17, 15) is 0 Å². The van der Waals surface area contributed by atoms with Crippen molar-refractivity contribution < 1.29 is 4.74 Å². The van der Waals surface area contributed by atoms with Crippen LogP contribution in [0.25, 0.3) is 11.3 Å². The minimum absolute atomic E-state index is 0.690. The van der Waals surface area contributed by atoms with Crippen LogP contribution in [0, 0.1) is 0 Å². The first-order chi connectivity index (χ1) is 6.70. The molecule has 0 fully saturated rings. The van der Waals surface area contributed by atoms with E-state index in [2.05, 4.69) is 20.1 Å². The maximum Gasteiger partial charge on any atom is 0.119 e. The van der Waals surface area contributed by atoms with Gasteiger partial charge in [-0.3, -0.25) is 0 Å². The van der Waals surface area contributed by atoms with Crippen molar-refractivity contribution in [3.63, 3.8) is 0 Å². The average Bonchev–Trinajstić information content (AvgIpc) is 2.27. The number of allylic oxidation sites excluding steroid dienone is 1. The molecule has 0 atom stereocenters. The molecular weight excluding hydrogens is 172 g/mol. The lowest BCUT2D eigenvalue weighted by molar-refractivity contribution is 0.371. The third kappa shape index (κ3) is 2.05. The molecule has 1 heteroatoms. The molecule has 1 aromatic rings. The van der Waals surface area contributed by atoms with Gasteiger partial charge in [-0.05, 0) is 17.6 Å². The third-order valence-electron chi connectivity index (χ3n) is 2.28. The molecule has 1 aromatic carbocycles. The van der Waals surface area contributed by atoms with Crippen LogP contribution in [0.2, 0.25) is 0 Å². The zero-order valence-electron chi connectivity index (χ0n) is 8.84. The van der Waals surface area contributed by atoms with Crippen LogP contribution in [-0.2, 0) is 4.74 Å². The van der Waals surface area contributed by atoms with Crippen LogP contribution in [0.5, 0.6) is 0 Å². The van der Waals surface area contributed by atoms with E-state index in [0.29, 0.717) is 5.76 Å². The van der Waals surface area contributed by atoms with Gasteiger partial charge >= 0.3 is 0 Å². The Hall–Kier alpha value is -1.50. The molecule has 1 nitrogen and oxygen atoms in total. The van der Waals surface area contributed by atoms with Crippen LogP contribution in [0.3, 0.4) is 0 Å². The molecular formula is C13H16O. The summed E-state index contributed by atoms with van der Waals surface area (Å²) in [7, 11) is 1.63. The van der Waals surface area contributed by atoms with Gasteiger partial charge in [0.15, 0.2) is 0 Å². The van der Waals surface area contributed by atoms with E-state index in [0.717, 1.165) is 23.1 Å². The molecule has 74 valence electrons. The Bertz CT molecular complexity index is 315. The molecule has 1 rings (SSSR count). The molecule has 0 N–H and O–H groups in total. The summed E-state index contributed by atoms with van der Waals surface area (Å²) in [5, 5.41) is 0. The third-order valence-corrected chi connectivity index (χ3v) is 2.28. The lowest BCUT2D eigenvalue weighted by Crippen LogP contribution is -1.92. The second-order valence-corrected chi connectivity index (χ2v) is 3.13. The summed E-state index contributed by atoms with van der Waals surface area (Å²) in [4.78, 5) is 0. The summed E-state index contributed by atoms with van der Waals surface area (Å²) in [5.41, 5.74) is 3.27. The molecule has 0 saturated carbocycles. The van der Waals surface area contributed by atoms with Gasteiger partial charge in [0, 0.05) is 5.56 Å². The average molecular weight is 188 g/mol. The Labute approximate surface area is 85.7 Å². The van der Waals surface area contributed by atoms with Crippen molar-refractivity contribution in [3.8, 4) is 0 Å². The molecule has 0 aliphatic carbocycles. The van der Waals surface area contributed by atoms with Crippen LogP contribution in [-0.4, -0.2) is 7.11 Å². The number of hydrogen-bond acceptors (Lipinski definition) is 1. The summed E-state index contributed by atoms with van der Waals surface area (Å²) >= 11 is 0. The van der Waals surface area contributed by atoms with Gasteiger partial charge in [0.25, 0.3) is 0 Å². The van der Waals surface area contributed by atoms with E-state index in [1.165, 1.54) is 0 Å². The molecule has 0 aromatic heterocycles. The van der Waals surface area contributed by atoms with Crippen molar-refractivity contribution in [2.45, 2.75) is 13.3 Å². The van der Waals surface area contributed by atoms with Gasteiger partial charge in [-0.2, -0.15) is 0 Å². The summed E-state index contributed by atoms with van der Waals surface area (Å²) in [6.07, 6.45) is 0.938. The van der Waals surface area contributed by atoms with Crippen LogP contribution >= 0.6 is 0 Å². The van der Waals surface area contributed by atoms with Crippen molar-refractivity contribution in [2.75, 3.05) is 7.11 Å². The topological polar surface area (TPSA) is 9.23 Å². The van der Waals surface area contributed by atoms with Crippen molar-refractivity contribution >= 4 is 11.3 Å². The lowest BCUT2D eigenvalue weighted by atomic mass is 9.98. The molecule has 0 heterocycles. The van der Waals surface area contributed by atoms with Crippen molar-refractivity contribution in [1.29, 1.82) is 0 Å². The van der Waals surface area contributed by atoms with E-state index in [4.69, 9.17) is 4.74 Å². The number of methoxy groups -OCH3 is 1. The number of rotatable bonds is 4. The second kappa shape index (κ2) is 4.66. The van der Waals surface area contributed by atoms with Crippen molar-refractivity contribution in [2.24, 2.45) is 0 Å². The monoisotopic (exact) mass is 188 g/mol. The van der Waals surface area contributed by atoms with E-state index in [1.807, 2.05) is 24.3 Å². The molecule has 0 saturated heterocycles. The summed E-state index contributed by atoms with van der Waals surface area (Å²) in [6, 6.07) is 8.03. The van der Waals surface area contributed by atoms with Crippen molar-refractivity contribution in [1.82, 2.24) is 0 Å². The zero-order chi connectivity index (χ0) is 10.6. The molecule has 0 aliphatic rings. The molecule has 0 aliphatic heterocycles. The fraction of sp³-hybridized carbons (Fsp3) is 0.231. The Morgan fingerprint density at radius 2 is 1.79 bits per heavy atom. The van der Waals surface area contributed by atoms with E-state index < -0.39 is 0 Å². The molecule has 0 radical (unpaired) electrons. The Kier molecular flexibility index (Phi) is 3.52. The van der Waals surface area contributed by atoms with Gasteiger partial charge in [0.2, 0.25) is 0 Å². The van der Waals surface area contributed by atoms with Gasteiger partial charge in [-0.25, -0.2) is 0 Å². The first kappa shape index (κ1) is 10.6. The molecule has 0 amide bonds. The fourth-order valence-corrected chi connectivity index (χ4v) is 1.33. The minimum Gasteiger partial charge on any atom is -0.497 e. The zero-order valence-corrected chi connectivity index (χ0v) is 8.84. The van der Waals surface area contributed by atoms with Crippen LogP contribution in [0.4, 0.5) is 0 Å². The normalized spacial score (nSPS) is 9.57. The predicted molar refractivity (Wildman–Crippen MR) is 61.8 cm³/mol. The molecule has 14 heavy (non-hydrogen) atoms. The first-order valence-corrected chi connectivity index (χ1v) is 4.71. The summed E-state index contributed by atoms with van der Waals surface area (Å²) in [5.74, 6) is 0.690. The summed E-state index contributed by atoms with van der Waals surface area (Å²) < 4.78 is 5.14. The maximum absolute atomic E-state index is 5.14. The van der Waals surface area contributed by atoms with Gasteiger partial charge in [0.05, 0.1) is 7.11 Å². The van der Waals surface area contributed by atoms with E-state index in [-0.39, 0.29) is 0 Å². The fourth-order valence-electron chi connectivity index (χ4n) is 1.33. The molecule has 0 unspecified atom stereocenters.